The van der Waals surface area contributed by atoms with E-state index in [0.29, 0.717) is 21.9 Å². The summed E-state index contributed by atoms with van der Waals surface area (Å²) in [7, 11) is 0. The Labute approximate surface area is 130 Å². The summed E-state index contributed by atoms with van der Waals surface area (Å²) >= 11 is 12.4. The van der Waals surface area contributed by atoms with Crippen molar-refractivity contribution in [3.05, 3.63) is 27.7 Å². The number of halogens is 2. The van der Waals surface area contributed by atoms with Crippen molar-refractivity contribution in [1.82, 2.24) is 5.32 Å². The zero-order chi connectivity index (χ0) is 14.5. The van der Waals surface area contributed by atoms with Gasteiger partial charge in [-0.3, -0.25) is 0 Å². The van der Waals surface area contributed by atoms with E-state index < -0.39 is 0 Å². The van der Waals surface area contributed by atoms with Crippen molar-refractivity contribution in [2.45, 2.75) is 45.4 Å². The second kappa shape index (κ2) is 7.51. The van der Waals surface area contributed by atoms with Crippen LogP contribution in [0.1, 0.15) is 32.3 Å². The quantitative estimate of drug-likeness (QED) is 0.858. The second-order valence-electron chi connectivity index (χ2n) is 5.32. The largest absolute Gasteiger partial charge is 0.488 e. The van der Waals surface area contributed by atoms with Gasteiger partial charge in [-0.1, -0.05) is 23.2 Å². The molecule has 0 amide bonds. The highest BCUT2D eigenvalue weighted by Gasteiger charge is 2.15. The van der Waals surface area contributed by atoms with E-state index in [1.807, 2.05) is 26.0 Å². The average Bonchev–Trinajstić information content (AvgIpc) is 2.87. The van der Waals surface area contributed by atoms with Crippen LogP contribution < -0.4 is 10.1 Å². The standard InChI is InChI=1S/C15H21Cl2NO2/c1-10(2)20-15-13(16)6-11(7-14(15)17)8-18-9-12-4-3-5-19-12/h6-7,10,12,18H,3-5,8-9H2,1-2H3/t12-/m0/s1. The monoisotopic (exact) mass is 317 g/mol. The van der Waals surface area contributed by atoms with Gasteiger partial charge in [-0.2, -0.15) is 0 Å². The number of hydrogen-bond donors (Lipinski definition) is 1. The summed E-state index contributed by atoms with van der Waals surface area (Å²) in [6.45, 7) is 6.36. The predicted octanol–water partition coefficient (Wildman–Crippen LogP) is 4.05. The van der Waals surface area contributed by atoms with Crippen LogP contribution in [0.2, 0.25) is 10.0 Å². The van der Waals surface area contributed by atoms with Crippen molar-refractivity contribution in [3.63, 3.8) is 0 Å². The fourth-order valence-corrected chi connectivity index (χ4v) is 2.87. The summed E-state index contributed by atoms with van der Waals surface area (Å²) in [5.74, 6) is 0.561. The molecule has 0 aromatic heterocycles. The van der Waals surface area contributed by atoms with E-state index >= 15 is 0 Å². The maximum atomic E-state index is 6.22. The summed E-state index contributed by atoms with van der Waals surface area (Å²) in [4.78, 5) is 0. The maximum absolute atomic E-state index is 6.22. The van der Waals surface area contributed by atoms with Crippen molar-refractivity contribution < 1.29 is 9.47 Å². The molecule has 1 N–H and O–H groups in total. The van der Waals surface area contributed by atoms with Gasteiger partial charge >= 0.3 is 0 Å². The Morgan fingerprint density at radius 3 is 2.60 bits per heavy atom. The van der Waals surface area contributed by atoms with Crippen LogP contribution in [0.4, 0.5) is 0 Å². The summed E-state index contributed by atoms with van der Waals surface area (Å²) in [6.07, 6.45) is 2.68. The molecule has 1 aromatic carbocycles. The van der Waals surface area contributed by atoms with Crippen molar-refractivity contribution in [1.29, 1.82) is 0 Å². The fourth-order valence-electron chi connectivity index (χ4n) is 2.25. The molecular formula is C15H21Cl2NO2. The van der Waals surface area contributed by atoms with Crippen molar-refractivity contribution in [3.8, 4) is 5.75 Å². The summed E-state index contributed by atoms with van der Waals surface area (Å²) in [5.41, 5.74) is 1.05. The topological polar surface area (TPSA) is 30.5 Å². The van der Waals surface area contributed by atoms with Gasteiger partial charge in [-0.15, -0.1) is 0 Å². The lowest BCUT2D eigenvalue weighted by Gasteiger charge is -2.15. The first-order valence-electron chi connectivity index (χ1n) is 7.03. The van der Waals surface area contributed by atoms with Gasteiger partial charge in [0.2, 0.25) is 0 Å². The Morgan fingerprint density at radius 2 is 2.05 bits per heavy atom. The molecule has 1 aliphatic heterocycles. The molecule has 3 nitrogen and oxygen atoms in total. The Morgan fingerprint density at radius 1 is 1.35 bits per heavy atom. The van der Waals surface area contributed by atoms with Gasteiger partial charge in [-0.25, -0.2) is 0 Å². The Balaban J connectivity index is 1.91. The average molecular weight is 318 g/mol. The Hall–Kier alpha value is -0.480. The van der Waals surface area contributed by atoms with Crippen molar-refractivity contribution in [2.24, 2.45) is 0 Å². The predicted molar refractivity (Wildman–Crippen MR) is 82.9 cm³/mol. The van der Waals surface area contributed by atoms with Crippen LogP contribution in [0, 0.1) is 0 Å². The van der Waals surface area contributed by atoms with Crippen molar-refractivity contribution >= 4 is 23.2 Å². The molecule has 1 atom stereocenters. The highest BCUT2D eigenvalue weighted by molar-refractivity contribution is 6.37. The zero-order valence-electron chi connectivity index (χ0n) is 11.9. The van der Waals surface area contributed by atoms with Crippen LogP contribution in [-0.4, -0.2) is 25.4 Å². The molecule has 112 valence electrons. The van der Waals surface area contributed by atoms with Crippen LogP contribution in [0.3, 0.4) is 0 Å². The molecule has 0 radical (unpaired) electrons. The molecule has 20 heavy (non-hydrogen) atoms. The first-order chi connectivity index (χ1) is 9.56. The Bertz CT molecular complexity index is 422. The van der Waals surface area contributed by atoms with Crippen molar-refractivity contribution in [2.75, 3.05) is 13.2 Å². The Kier molecular flexibility index (Phi) is 5.97. The van der Waals surface area contributed by atoms with E-state index in [9.17, 15) is 0 Å². The van der Waals surface area contributed by atoms with Gasteiger partial charge in [0.15, 0.2) is 5.75 Å². The number of benzene rings is 1. The van der Waals surface area contributed by atoms with E-state index in [-0.39, 0.29) is 6.10 Å². The lowest BCUT2D eigenvalue weighted by molar-refractivity contribution is 0.110. The van der Waals surface area contributed by atoms with Gasteiger partial charge in [0.25, 0.3) is 0 Å². The van der Waals surface area contributed by atoms with Crippen LogP contribution in [0.5, 0.6) is 5.75 Å². The molecule has 5 heteroatoms. The third kappa shape index (κ3) is 4.52. The van der Waals surface area contributed by atoms with E-state index in [1.54, 1.807) is 0 Å². The first kappa shape index (κ1) is 15.9. The lowest BCUT2D eigenvalue weighted by Crippen LogP contribution is -2.25. The van der Waals surface area contributed by atoms with Gasteiger partial charge in [0.1, 0.15) is 0 Å². The van der Waals surface area contributed by atoms with Crippen LogP contribution in [0.25, 0.3) is 0 Å². The summed E-state index contributed by atoms with van der Waals surface area (Å²) in [5, 5.41) is 4.49. The van der Waals surface area contributed by atoms with Crippen LogP contribution in [0.15, 0.2) is 12.1 Å². The van der Waals surface area contributed by atoms with Gasteiger partial charge in [-0.05, 0) is 44.4 Å². The van der Waals surface area contributed by atoms with E-state index in [0.717, 1.165) is 38.1 Å². The smallest absolute Gasteiger partial charge is 0.156 e. The van der Waals surface area contributed by atoms with E-state index in [1.165, 1.54) is 0 Å². The molecule has 2 rings (SSSR count). The number of rotatable bonds is 6. The fraction of sp³-hybridized carbons (Fsp3) is 0.600. The first-order valence-corrected chi connectivity index (χ1v) is 7.78. The molecule has 0 spiro atoms. The number of nitrogens with one attached hydrogen (secondary N) is 1. The highest BCUT2D eigenvalue weighted by atomic mass is 35.5. The molecule has 0 bridgehead atoms. The lowest BCUT2D eigenvalue weighted by atomic mass is 10.2. The van der Waals surface area contributed by atoms with Crippen LogP contribution >= 0.6 is 23.2 Å². The van der Waals surface area contributed by atoms with Crippen LogP contribution in [-0.2, 0) is 11.3 Å². The third-order valence-electron chi connectivity index (χ3n) is 3.14. The molecule has 1 fully saturated rings. The minimum absolute atomic E-state index is 0.0495. The minimum atomic E-state index is 0.0495. The molecule has 0 aliphatic carbocycles. The minimum Gasteiger partial charge on any atom is -0.488 e. The highest BCUT2D eigenvalue weighted by Crippen LogP contribution is 2.34. The van der Waals surface area contributed by atoms with E-state index in [2.05, 4.69) is 5.32 Å². The van der Waals surface area contributed by atoms with Gasteiger partial charge in [0, 0.05) is 19.7 Å². The third-order valence-corrected chi connectivity index (χ3v) is 3.70. The molecule has 1 aliphatic rings. The van der Waals surface area contributed by atoms with Gasteiger partial charge < -0.3 is 14.8 Å². The zero-order valence-corrected chi connectivity index (χ0v) is 13.4. The molecule has 0 saturated carbocycles. The van der Waals surface area contributed by atoms with E-state index in [4.69, 9.17) is 32.7 Å². The SMILES string of the molecule is CC(C)Oc1c(Cl)cc(CNC[C@@H]2CCCO2)cc1Cl. The number of hydrogen-bond acceptors (Lipinski definition) is 3. The summed E-state index contributed by atoms with van der Waals surface area (Å²) in [6, 6.07) is 3.79. The normalized spacial score (nSPS) is 18.8. The molecule has 1 saturated heterocycles. The maximum Gasteiger partial charge on any atom is 0.156 e. The summed E-state index contributed by atoms with van der Waals surface area (Å²) < 4.78 is 11.2. The number of ether oxygens (including phenoxy) is 2. The molecular weight excluding hydrogens is 297 g/mol. The molecule has 0 unspecified atom stereocenters. The molecule has 1 heterocycles. The van der Waals surface area contributed by atoms with Gasteiger partial charge in [0.05, 0.1) is 22.3 Å². The molecule has 1 aromatic rings. The second-order valence-corrected chi connectivity index (χ2v) is 6.14.